The van der Waals surface area contributed by atoms with Gasteiger partial charge in [0.1, 0.15) is 0 Å². The van der Waals surface area contributed by atoms with Gasteiger partial charge in [-0.15, -0.1) is 0 Å². The molecule has 3 heteroatoms. The molecule has 3 nitrogen and oxygen atoms in total. The third-order valence-corrected chi connectivity index (χ3v) is 3.18. The van der Waals surface area contributed by atoms with E-state index in [1.54, 1.807) is 14.2 Å². The van der Waals surface area contributed by atoms with Crippen molar-refractivity contribution in [2.24, 2.45) is 0 Å². The number of methoxy groups -OCH3 is 2. The van der Waals surface area contributed by atoms with Gasteiger partial charge in [-0.2, -0.15) is 0 Å². The van der Waals surface area contributed by atoms with E-state index in [2.05, 4.69) is 23.5 Å². The molecule has 0 aromatic heterocycles. The van der Waals surface area contributed by atoms with Crippen molar-refractivity contribution in [2.75, 3.05) is 27.3 Å². The first-order valence-electron chi connectivity index (χ1n) is 5.72. The fraction of sp³-hybridized carbons (Fsp3) is 0.538. The van der Waals surface area contributed by atoms with Crippen molar-refractivity contribution in [3.05, 3.63) is 35.4 Å². The van der Waals surface area contributed by atoms with E-state index < -0.39 is 0 Å². The molecule has 0 amide bonds. The summed E-state index contributed by atoms with van der Waals surface area (Å²) in [5.74, 6) is 0.587. The summed E-state index contributed by atoms with van der Waals surface area (Å²) in [5.41, 5.74) is 2.50. The average Bonchev–Trinajstić information content (AvgIpc) is 2.85. The molecule has 1 aliphatic rings. The second-order valence-electron chi connectivity index (χ2n) is 4.12. The fourth-order valence-corrected chi connectivity index (χ4v) is 2.37. The highest BCUT2D eigenvalue weighted by molar-refractivity contribution is 5.32. The van der Waals surface area contributed by atoms with Crippen LogP contribution in [0.2, 0.25) is 0 Å². The highest BCUT2D eigenvalue weighted by Crippen LogP contribution is 2.30. The molecule has 1 unspecified atom stereocenters. The Labute approximate surface area is 96.8 Å². The van der Waals surface area contributed by atoms with E-state index in [9.17, 15) is 0 Å². The second kappa shape index (κ2) is 5.43. The van der Waals surface area contributed by atoms with Gasteiger partial charge in [0.25, 0.3) is 0 Å². The zero-order valence-electron chi connectivity index (χ0n) is 9.90. The monoisotopic (exact) mass is 221 g/mol. The van der Waals surface area contributed by atoms with Gasteiger partial charge >= 0.3 is 0 Å². The number of ether oxygens (including phenoxy) is 2. The first-order chi connectivity index (χ1) is 7.86. The van der Waals surface area contributed by atoms with Crippen LogP contribution in [0.5, 0.6) is 0 Å². The van der Waals surface area contributed by atoms with Gasteiger partial charge < -0.3 is 14.8 Å². The number of benzene rings is 1. The average molecular weight is 221 g/mol. The summed E-state index contributed by atoms with van der Waals surface area (Å²) in [6, 6.07) is 8.38. The van der Waals surface area contributed by atoms with Gasteiger partial charge in [0.05, 0.1) is 0 Å². The molecule has 1 atom stereocenters. The van der Waals surface area contributed by atoms with Crippen LogP contribution in [0.4, 0.5) is 0 Å². The lowest BCUT2D eigenvalue weighted by Gasteiger charge is -2.20. The lowest BCUT2D eigenvalue weighted by molar-refractivity contribution is -0.106. The first kappa shape index (κ1) is 11.6. The molecule has 1 aromatic rings. The van der Waals surface area contributed by atoms with E-state index in [-0.39, 0.29) is 6.29 Å². The van der Waals surface area contributed by atoms with Gasteiger partial charge in [0, 0.05) is 26.3 Å². The Kier molecular flexibility index (Phi) is 3.93. The zero-order valence-corrected chi connectivity index (χ0v) is 9.90. The minimum atomic E-state index is -0.253. The van der Waals surface area contributed by atoms with Crippen LogP contribution in [0.3, 0.4) is 0 Å². The van der Waals surface area contributed by atoms with Crippen LogP contribution in [0.15, 0.2) is 24.3 Å². The molecule has 0 saturated carbocycles. The number of rotatable bonds is 4. The van der Waals surface area contributed by atoms with Crippen molar-refractivity contribution in [3.8, 4) is 0 Å². The normalized spacial score (nSPS) is 20.6. The van der Waals surface area contributed by atoms with Crippen molar-refractivity contribution in [2.45, 2.75) is 18.6 Å². The topological polar surface area (TPSA) is 30.5 Å². The molecule has 0 spiro atoms. The van der Waals surface area contributed by atoms with Crippen LogP contribution in [0.1, 0.15) is 29.8 Å². The molecule has 16 heavy (non-hydrogen) atoms. The largest absolute Gasteiger partial charge is 0.352 e. The summed E-state index contributed by atoms with van der Waals surface area (Å²) in [5, 5.41) is 3.39. The van der Waals surface area contributed by atoms with Crippen molar-refractivity contribution in [3.63, 3.8) is 0 Å². The van der Waals surface area contributed by atoms with Crippen molar-refractivity contribution in [1.29, 1.82) is 0 Å². The lowest BCUT2D eigenvalue weighted by atomic mass is 9.93. The van der Waals surface area contributed by atoms with Gasteiger partial charge in [-0.05, 0) is 24.4 Å². The van der Waals surface area contributed by atoms with Gasteiger partial charge in [-0.1, -0.05) is 24.3 Å². The molecule has 1 saturated heterocycles. The van der Waals surface area contributed by atoms with Gasteiger partial charge in [0.2, 0.25) is 0 Å². The first-order valence-corrected chi connectivity index (χ1v) is 5.72. The van der Waals surface area contributed by atoms with Crippen LogP contribution in [0.25, 0.3) is 0 Å². The fourth-order valence-electron chi connectivity index (χ4n) is 2.37. The summed E-state index contributed by atoms with van der Waals surface area (Å²) in [4.78, 5) is 0. The predicted octanol–water partition coefficient (Wildman–Crippen LogP) is 2.05. The van der Waals surface area contributed by atoms with Crippen molar-refractivity contribution in [1.82, 2.24) is 5.32 Å². The Bertz CT molecular complexity index is 309. The Morgan fingerprint density at radius 3 is 2.62 bits per heavy atom. The molecular formula is C13H19NO2. The van der Waals surface area contributed by atoms with E-state index in [0.29, 0.717) is 5.92 Å². The third-order valence-electron chi connectivity index (χ3n) is 3.18. The summed E-state index contributed by atoms with van der Waals surface area (Å²) in [7, 11) is 3.36. The quantitative estimate of drug-likeness (QED) is 0.789. The molecular weight excluding hydrogens is 202 g/mol. The summed E-state index contributed by atoms with van der Waals surface area (Å²) >= 11 is 0. The SMILES string of the molecule is COC(OC)c1ccccc1C1CCNC1. The molecule has 0 radical (unpaired) electrons. The molecule has 1 heterocycles. The zero-order chi connectivity index (χ0) is 11.4. The number of hydrogen-bond acceptors (Lipinski definition) is 3. The van der Waals surface area contributed by atoms with Gasteiger partial charge in [0.15, 0.2) is 6.29 Å². The van der Waals surface area contributed by atoms with E-state index >= 15 is 0 Å². The van der Waals surface area contributed by atoms with Crippen LogP contribution in [-0.2, 0) is 9.47 Å². The van der Waals surface area contributed by atoms with Gasteiger partial charge in [-0.25, -0.2) is 0 Å². The van der Waals surface area contributed by atoms with Crippen LogP contribution < -0.4 is 5.32 Å². The third kappa shape index (κ3) is 2.26. The Hall–Kier alpha value is -0.900. The van der Waals surface area contributed by atoms with E-state index in [0.717, 1.165) is 18.7 Å². The standard InChI is InChI=1S/C13H19NO2/c1-15-13(16-2)12-6-4-3-5-11(12)10-7-8-14-9-10/h3-6,10,13-14H,7-9H2,1-2H3. The molecule has 88 valence electrons. The van der Waals surface area contributed by atoms with Crippen LogP contribution >= 0.6 is 0 Å². The summed E-state index contributed by atoms with van der Waals surface area (Å²) in [6.07, 6.45) is 0.939. The van der Waals surface area contributed by atoms with Crippen molar-refractivity contribution >= 4 is 0 Å². The summed E-state index contributed by atoms with van der Waals surface area (Å²) in [6.45, 7) is 2.15. The molecule has 0 aliphatic carbocycles. The predicted molar refractivity (Wildman–Crippen MR) is 63.4 cm³/mol. The molecule has 1 aromatic carbocycles. The van der Waals surface area contributed by atoms with Crippen LogP contribution in [-0.4, -0.2) is 27.3 Å². The Morgan fingerprint density at radius 2 is 2.00 bits per heavy atom. The maximum atomic E-state index is 5.34. The Morgan fingerprint density at radius 1 is 1.25 bits per heavy atom. The Balaban J connectivity index is 2.28. The molecule has 2 rings (SSSR count). The smallest absolute Gasteiger partial charge is 0.183 e. The highest BCUT2D eigenvalue weighted by Gasteiger charge is 2.22. The van der Waals surface area contributed by atoms with E-state index in [4.69, 9.17) is 9.47 Å². The highest BCUT2D eigenvalue weighted by atomic mass is 16.7. The second-order valence-corrected chi connectivity index (χ2v) is 4.12. The lowest BCUT2D eigenvalue weighted by Crippen LogP contribution is -2.12. The maximum absolute atomic E-state index is 5.34. The molecule has 1 aliphatic heterocycles. The number of hydrogen-bond donors (Lipinski definition) is 1. The summed E-state index contributed by atoms with van der Waals surface area (Å²) < 4.78 is 10.7. The molecule has 1 N–H and O–H groups in total. The minimum Gasteiger partial charge on any atom is -0.352 e. The number of nitrogens with one attached hydrogen (secondary N) is 1. The van der Waals surface area contributed by atoms with E-state index in [1.165, 1.54) is 12.0 Å². The molecule has 0 bridgehead atoms. The van der Waals surface area contributed by atoms with Gasteiger partial charge in [-0.3, -0.25) is 0 Å². The molecule has 1 fully saturated rings. The van der Waals surface area contributed by atoms with Crippen LogP contribution in [0, 0.1) is 0 Å². The minimum absolute atomic E-state index is 0.253. The van der Waals surface area contributed by atoms with Crippen molar-refractivity contribution < 1.29 is 9.47 Å². The maximum Gasteiger partial charge on any atom is 0.183 e. The van der Waals surface area contributed by atoms with E-state index in [1.807, 2.05) is 6.07 Å².